The molecule has 0 radical (unpaired) electrons. The van der Waals surface area contributed by atoms with Crippen molar-refractivity contribution in [3.63, 3.8) is 0 Å². The van der Waals surface area contributed by atoms with Crippen LogP contribution >= 0.6 is 0 Å². The van der Waals surface area contributed by atoms with Crippen molar-refractivity contribution in [2.24, 2.45) is 0 Å². The van der Waals surface area contributed by atoms with E-state index in [0.717, 1.165) is 38.5 Å². The van der Waals surface area contributed by atoms with Crippen molar-refractivity contribution < 1.29 is 5.11 Å². The van der Waals surface area contributed by atoms with E-state index in [1.54, 1.807) is 0 Å². The molecule has 0 atom stereocenters. The van der Waals surface area contributed by atoms with E-state index in [2.05, 4.69) is 53.8 Å². The molecule has 2 heteroatoms. The van der Waals surface area contributed by atoms with Gasteiger partial charge in [0.2, 0.25) is 0 Å². The van der Waals surface area contributed by atoms with E-state index < -0.39 is 0 Å². The number of rotatable bonds is 2. The van der Waals surface area contributed by atoms with Crippen LogP contribution in [0.15, 0.2) is 48.5 Å². The highest BCUT2D eigenvalue weighted by atomic mass is 16.3. The summed E-state index contributed by atoms with van der Waals surface area (Å²) >= 11 is 0. The lowest BCUT2D eigenvalue weighted by molar-refractivity contribution is 0.115. The number of aliphatic hydroxyl groups excluding tert-OH is 1. The Labute approximate surface area is 138 Å². The van der Waals surface area contributed by atoms with Crippen LogP contribution in [0.1, 0.15) is 54.0 Å². The van der Waals surface area contributed by atoms with Gasteiger partial charge in [0, 0.05) is 6.04 Å². The van der Waals surface area contributed by atoms with Gasteiger partial charge >= 0.3 is 0 Å². The van der Waals surface area contributed by atoms with Gasteiger partial charge in [-0.3, -0.25) is 0 Å². The van der Waals surface area contributed by atoms with Crippen molar-refractivity contribution in [3.05, 3.63) is 70.8 Å². The molecule has 0 unspecified atom stereocenters. The average molecular weight is 307 g/mol. The van der Waals surface area contributed by atoms with Gasteiger partial charge < -0.3 is 10.4 Å². The third kappa shape index (κ3) is 3.06. The SMILES string of the molecule is OC1CCC(NC2c3ccccc3CCc3ccccc32)CC1. The quantitative estimate of drug-likeness (QED) is 0.885. The van der Waals surface area contributed by atoms with E-state index in [9.17, 15) is 5.11 Å². The lowest BCUT2D eigenvalue weighted by Gasteiger charge is -2.31. The van der Waals surface area contributed by atoms with Gasteiger partial charge in [-0.25, -0.2) is 0 Å². The second-order valence-electron chi connectivity index (χ2n) is 7.00. The third-order valence-corrected chi connectivity index (χ3v) is 5.49. The van der Waals surface area contributed by atoms with Gasteiger partial charge in [0.25, 0.3) is 0 Å². The van der Waals surface area contributed by atoms with Crippen molar-refractivity contribution in [2.45, 2.75) is 56.7 Å². The molecule has 4 rings (SSSR count). The lowest BCUT2D eigenvalue weighted by atomic mass is 9.89. The smallest absolute Gasteiger partial charge is 0.0584 e. The molecule has 0 aliphatic heterocycles. The van der Waals surface area contributed by atoms with Crippen LogP contribution < -0.4 is 5.32 Å². The molecule has 0 spiro atoms. The molecule has 1 saturated carbocycles. The van der Waals surface area contributed by atoms with Crippen LogP contribution in [-0.4, -0.2) is 17.3 Å². The van der Waals surface area contributed by atoms with Crippen LogP contribution in [0.3, 0.4) is 0 Å². The van der Waals surface area contributed by atoms with Crippen LogP contribution in [0.4, 0.5) is 0 Å². The van der Waals surface area contributed by atoms with Crippen molar-refractivity contribution in [3.8, 4) is 0 Å². The Morgan fingerprint density at radius 2 is 1.26 bits per heavy atom. The molecule has 2 aromatic rings. The zero-order valence-electron chi connectivity index (χ0n) is 13.5. The fourth-order valence-electron chi connectivity index (χ4n) is 4.18. The standard InChI is InChI=1S/C21H25NO/c23-18-13-11-17(12-14-18)22-21-19-7-3-1-5-15(19)9-10-16-6-2-4-8-20(16)21/h1-8,17-18,21-23H,9-14H2. The first-order valence-corrected chi connectivity index (χ1v) is 8.91. The predicted molar refractivity (Wildman–Crippen MR) is 93.5 cm³/mol. The molecule has 2 N–H and O–H groups in total. The first-order valence-electron chi connectivity index (χ1n) is 8.91. The average Bonchev–Trinajstić information content (AvgIpc) is 2.75. The summed E-state index contributed by atoms with van der Waals surface area (Å²) in [6.45, 7) is 0. The van der Waals surface area contributed by atoms with Crippen molar-refractivity contribution >= 4 is 0 Å². The summed E-state index contributed by atoms with van der Waals surface area (Å²) < 4.78 is 0. The molecule has 2 aliphatic carbocycles. The van der Waals surface area contributed by atoms with Crippen LogP contribution in [0.2, 0.25) is 0 Å². The van der Waals surface area contributed by atoms with Crippen molar-refractivity contribution in [2.75, 3.05) is 0 Å². The highest BCUT2D eigenvalue weighted by Crippen LogP contribution is 2.34. The summed E-state index contributed by atoms with van der Waals surface area (Å²) in [5, 5.41) is 13.7. The minimum Gasteiger partial charge on any atom is -0.393 e. The fourth-order valence-corrected chi connectivity index (χ4v) is 4.18. The molecule has 1 fully saturated rings. The Kier molecular flexibility index (Phi) is 4.19. The molecular weight excluding hydrogens is 282 g/mol. The second-order valence-corrected chi connectivity index (χ2v) is 7.00. The largest absolute Gasteiger partial charge is 0.393 e. The zero-order chi connectivity index (χ0) is 15.6. The summed E-state index contributed by atoms with van der Waals surface area (Å²) in [7, 11) is 0. The second kappa shape index (κ2) is 6.46. The highest BCUT2D eigenvalue weighted by Gasteiger charge is 2.27. The first-order chi connectivity index (χ1) is 11.3. The van der Waals surface area contributed by atoms with Crippen LogP contribution in [0.5, 0.6) is 0 Å². The van der Waals surface area contributed by atoms with Gasteiger partial charge in [-0.1, -0.05) is 48.5 Å². The van der Waals surface area contributed by atoms with E-state index in [1.807, 2.05) is 0 Å². The molecule has 0 bridgehead atoms. The number of aliphatic hydroxyl groups is 1. The van der Waals surface area contributed by atoms with E-state index in [0.29, 0.717) is 6.04 Å². The molecule has 2 nitrogen and oxygen atoms in total. The zero-order valence-corrected chi connectivity index (χ0v) is 13.5. The molecule has 0 saturated heterocycles. The van der Waals surface area contributed by atoms with E-state index >= 15 is 0 Å². The van der Waals surface area contributed by atoms with E-state index in [-0.39, 0.29) is 12.1 Å². The normalized spacial score (nSPS) is 24.6. The van der Waals surface area contributed by atoms with Gasteiger partial charge in [-0.15, -0.1) is 0 Å². The molecule has 23 heavy (non-hydrogen) atoms. The summed E-state index contributed by atoms with van der Waals surface area (Å²) in [4.78, 5) is 0. The van der Waals surface area contributed by atoms with Crippen LogP contribution in [0.25, 0.3) is 0 Å². The summed E-state index contributed by atoms with van der Waals surface area (Å²) in [5.74, 6) is 0. The Hall–Kier alpha value is -1.64. The van der Waals surface area contributed by atoms with Crippen molar-refractivity contribution in [1.29, 1.82) is 0 Å². The molecule has 2 aromatic carbocycles. The molecule has 0 aromatic heterocycles. The van der Waals surface area contributed by atoms with Crippen LogP contribution in [-0.2, 0) is 12.8 Å². The number of benzene rings is 2. The molecule has 2 aliphatic rings. The fraction of sp³-hybridized carbons (Fsp3) is 0.429. The Morgan fingerprint density at radius 3 is 1.83 bits per heavy atom. The first kappa shape index (κ1) is 14.9. The number of aryl methyl sites for hydroxylation is 2. The van der Waals surface area contributed by atoms with Gasteiger partial charge in [0.15, 0.2) is 0 Å². The Bertz CT molecular complexity index is 626. The van der Waals surface area contributed by atoms with Gasteiger partial charge in [-0.2, -0.15) is 0 Å². The lowest BCUT2D eigenvalue weighted by Crippen LogP contribution is -2.37. The molecular formula is C21H25NO. The minimum absolute atomic E-state index is 0.0956. The number of nitrogens with one attached hydrogen (secondary N) is 1. The topological polar surface area (TPSA) is 32.3 Å². The number of hydrogen-bond acceptors (Lipinski definition) is 2. The molecule has 0 heterocycles. The Balaban J connectivity index is 1.69. The Morgan fingerprint density at radius 1 is 0.739 bits per heavy atom. The van der Waals surface area contributed by atoms with Gasteiger partial charge in [-0.05, 0) is 60.8 Å². The molecule has 120 valence electrons. The monoisotopic (exact) mass is 307 g/mol. The number of hydrogen-bond donors (Lipinski definition) is 2. The number of fused-ring (bicyclic) bond motifs is 2. The summed E-state index contributed by atoms with van der Waals surface area (Å²) in [6.07, 6.45) is 6.14. The molecule has 0 amide bonds. The maximum atomic E-state index is 9.77. The predicted octanol–water partition coefficient (Wildman–Crippen LogP) is 3.77. The third-order valence-electron chi connectivity index (χ3n) is 5.49. The maximum absolute atomic E-state index is 9.77. The van der Waals surface area contributed by atoms with Gasteiger partial charge in [0.05, 0.1) is 12.1 Å². The minimum atomic E-state index is -0.0956. The highest BCUT2D eigenvalue weighted by molar-refractivity contribution is 5.44. The van der Waals surface area contributed by atoms with E-state index in [4.69, 9.17) is 0 Å². The van der Waals surface area contributed by atoms with Crippen LogP contribution in [0, 0.1) is 0 Å². The van der Waals surface area contributed by atoms with E-state index in [1.165, 1.54) is 22.3 Å². The van der Waals surface area contributed by atoms with Crippen molar-refractivity contribution in [1.82, 2.24) is 5.32 Å². The summed E-state index contributed by atoms with van der Waals surface area (Å²) in [5.41, 5.74) is 5.81. The summed E-state index contributed by atoms with van der Waals surface area (Å²) in [6, 6.07) is 18.5. The maximum Gasteiger partial charge on any atom is 0.0584 e. The van der Waals surface area contributed by atoms with Gasteiger partial charge in [0.1, 0.15) is 0 Å².